The highest BCUT2D eigenvalue weighted by Gasteiger charge is 2.42. The fourth-order valence-electron chi connectivity index (χ4n) is 2.37. The molecule has 1 aromatic carbocycles. The van der Waals surface area contributed by atoms with Crippen LogP contribution in [0.25, 0.3) is 5.76 Å². The Hall–Kier alpha value is -0.970. The number of likely N-dealkylation sites (tertiary alicyclic amines) is 1. The Morgan fingerprint density at radius 3 is 2.56 bits per heavy atom. The summed E-state index contributed by atoms with van der Waals surface area (Å²) in [5.41, 5.74) is 1.01. The van der Waals surface area contributed by atoms with Crippen LogP contribution in [-0.2, 0) is 4.74 Å². The number of benzene rings is 1. The second kappa shape index (κ2) is 4.96. The molecule has 4 heteroatoms. The van der Waals surface area contributed by atoms with Gasteiger partial charge in [0.15, 0.2) is 0 Å². The van der Waals surface area contributed by atoms with Crippen LogP contribution in [-0.4, -0.2) is 28.3 Å². The molecular weight excluding hydrogens is 246 g/mol. The summed E-state index contributed by atoms with van der Waals surface area (Å²) in [5.74, 6) is 0.758. The van der Waals surface area contributed by atoms with Crippen LogP contribution in [0, 0.1) is 0 Å². The first kappa shape index (κ1) is 12.1. The van der Waals surface area contributed by atoms with Crippen molar-refractivity contribution in [1.82, 2.24) is 4.90 Å². The highest BCUT2D eigenvalue weighted by atomic mass is 32.2. The molecule has 0 saturated carbocycles. The summed E-state index contributed by atoms with van der Waals surface area (Å²) in [6.07, 6.45) is 3.51. The Bertz CT molecular complexity index is 442. The lowest BCUT2D eigenvalue weighted by Gasteiger charge is -2.37. The topological polar surface area (TPSA) is 32.7 Å². The van der Waals surface area contributed by atoms with Crippen molar-refractivity contribution >= 4 is 17.5 Å². The van der Waals surface area contributed by atoms with E-state index in [4.69, 9.17) is 4.74 Å². The van der Waals surface area contributed by atoms with Gasteiger partial charge in [-0.1, -0.05) is 36.8 Å². The van der Waals surface area contributed by atoms with Crippen molar-refractivity contribution in [2.45, 2.75) is 24.5 Å². The van der Waals surface area contributed by atoms with E-state index in [9.17, 15) is 5.11 Å². The van der Waals surface area contributed by atoms with Crippen LogP contribution in [0.2, 0.25) is 0 Å². The summed E-state index contributed by atoms with van der Waals surface area (Å²) in [6, 6.07) is 9.91. The van der Waals surface area contributed by atoms with Gasteiger partial charge in [-0.3, -0.25) is 0 Å². The Kier molecular flexibility index (Phi) is 3.33. The van der Waals surface area contributed by atoms with E-state index in [0.717, 1.165) is 37.3 Å². The van der Waals surface area contributed by atoms with E-state index in [0.29, 0.717) is 0 Å². The average Bonchev–Trinajstić information content (AvgIpc) is 2.85. The molecule has 1 aromatic rings. The second-order valence-electron chi connectivity index (χ2n) is 4.66. The lowest BCUT2D eigenvalue weighted by Crippen LogP contribution is -2.48. The number of hydrogen-bond donors (Lipinski definition) is 1. The maximum absolute atomic E-state index is 10.6. The van der Waals surface area contributed by atoms with E-state index in [1.54, 1.807) is 0 Å². The molecule has 18 heavy (non-hydrogen) atoms. The standard InChI is InChI=1S/C14H17NO2S/c16-14(15-9-5-2-6-10-15)17-13(11-18-14)12-7-3-1-4-8-12/h1,3-4,7-8,11,16H,2,5-6,9-10H2. The monoisotopic (exact) mass is 263 g/mol. The predicted octanol–water partition coefficient (Wildman–Crippen LogP) is 2.84. The smallest absolute Gasteiger partial charge is 0.327 e. The molecule has 1 unspecified atom stereocenters. The number of ether oxygens (including phenoxy) is 1. The summed E-state index contributed by atoms with van der Waals surface area (Å²) in [7, 11) is 0. The summed E-state index contributed by atoms with van der Waals surface area (Å²) in [6.45, 7) is 1.80. The lowest BCUT2D eigenvalue weighted by molar-refractivity contribution is -0.186. The third kappa shape index (κ3) is 2.28. The minimum Gasteiger partial charge on any atom is -0.439 e. The normalized spacial score (nSPS) is 28.8. The highest BCUT2D eigenvalue weighted by molar-refractivity contribution is 8.03. The van der Waals surface area contributed by atoms with Crippen molar-refractivity contribution < 1.29 is 9.84 Å². The van der Waals surface area contributed by atoms with Gasteiger partial charge in [-0.05, 0) is 24.6 Å². The van der Waals surface area contributed by atoms with Gasteiger partial charge in [-0.15, -0.1) is 0 Å². The van der Waals surface area contributed by atoms with Crippen LogP contribution in [0.4, 0.5) is 0 Å². The fraction of sp³-hybridized carbons (Fsp3) is 0.429. The van der Waals surface area contributed by atoms with Gasteiger partial charge in [-0.2, -0.15) is 0 Å². The number of nitrogens with zero attached hydrogens (tertiary/aromatic N) is 1. The van der Waals surface area contributed by atoms with Crippen LogP contribution in [0.15, 0.2) is 35.7 Å². The van der Waals surface area contributed by atoms with Crippen molar-refractivity contribution in [1.29, 1.82) is 0 Å². The zero-order valence-electron chi connectivity index (χ0n) is 10.2. The van der Waals surface area contributed by atoms with Crippen LogP contribution in [0.5, 0.6) is 0 Å². The third-order valence-corrected chi connectivity index (χ3v) is 4.36. The molecule has 1 fully saturated rings. The van der Waals surface area contributed by atoms with Gasteiger partial charge in [0, 0.05) is 24.1 Å². The molecule has 1 N–H and O–H groups in total. The SMILES string of the molecule is OC1(N2CCCCC2)OC(c2ccccc2)=CS1. The van der Waals surface area contributed by atoms with Crippen molar-refractivity contribution in [2.24, 2.45) is 0 Å². The molecule has 2 aliphatic rings. The zero-order chi connectivity index (χ0) is 12.4. The minimum absolute atomic E-state index is 0.758. The summed E-state index contributed by atoms with van der Waals surface area (Å²) < 4.78 is 5.78. The molecule has 2 aliphatic heterocycles. The van der Waals surface area contributed by atoms with E-state index >= 15 is 0 Å². The molecule has 0 radical (unpaired) electrons. The Morgan fingerprint density at radius 2 is 1.83 bits per heavy atom. The van der Waals surface area contributed by atoms with Gasteiger partial charge >= 0.3 is 5.24 Å². The van der Waals surface area contributed by atoms with E-state index in [1.165, 1.54) is 18.2 Å². The Labute approximate surface area is 111 Å². The van der Waals surface area contributed by atoms with Gasteiger partial charge in [0.1, 0.15) is 5.76 Å². The number of thioether (sulfide) groups is 1. The molecule has 3 nitrogen and oxygen atoms in total. The van der Waals surface area contributed by atoms with Gasteiger partial charge in [0.25, 0.3) is 0 Å². The van der Waals surface area contributed by atoms with Crippen LogP contribution in [0.1, 0.15) is 24.8 Å². The van der Waals surface area contributed by atoms with Crippen molar-refractivity contribution in [3.63, 3.8) is 0 Å². The largest absolute Gasteiger partial charge is 0.439 e. The summed E-state index contributed by atoms with van der Waals surface area (Å²) in [4.78, 5) is 2.02. The Morgan fingerprint density at radius 1 is 1.11 bits per heavy atom. The second-order valence-corrected chi connectivity index (χ2v) is 5.67. The highest BCUT2D eigenvalue weighted by Crippen LogP contribution is 2.43. The number of piperidine rings is 1. The van der Waals surface area contributed by atoms with Gasteiger partial charge in [-0.25, -0.2) is 4.90 Å². The molecule has 2 heterocycles. The van der Waals surface area contributed by atoms with Crippen LogP contribution in [0.3, 0.4) is 0 Å². The molecule has 96 valence electrons. The first-order valence-electron chi connectivity index (χ1n) is 6.38. The maximum atomic E-state index is 10.6. The molecule has 3 rings (SSSR count). The quantitative estimate of drug-likeness (QED) is 0.889. The molecule has 0 amide bonds. The number of aliphatic hydroxyl groups is 1. The first-order valence-corrected chi connectivity index (χ1v) is 7.26. The zero-order valence-corrected chi connectivity index (χ0v) is 11.0. The maximum Gasteiger partial charge on any atom is 0.327 e. The van der Waals surface area contributed by atoms with Gasteiger partial charge in [0.2, 0.25) is 0 Å². The van der Waals surface area contributed by atoms with Gasteiger partial charge < -0.3 is 9.84 Å². The molecule has 0 bridgehead atoms. The van der Waals surface area contributed by atoms with Crippen LogP contribution >= 0.6 is 11.8 Å². The van der Waals surface area contributed by atoms with Crippen molar-refractivity contribution in [3.8, 4) is 0 Å². The predicted molar refractivity (Wildman–Crippen MR) is 73.5 cm³/mol. The fourth-order valence-corrected chi connectivity index (χ4v) is 3.28. The average molecular weight is 263 g/mol. The molecule has 0 aromatic heterocycles. The van der Waals surface area contributed by atoms with Crippen molar-refractivity contribution in [3.05, 3.63) is 41.3 Å². The minimum atomic E-state index is -1.20. The summed E-state index contributed by atoms with van der Waals surface area (Å²) >= 11 is 1.35. The molecule has 0 aliphatic carbocycles. The molecule has 1 saturated heterocycles. The van der Waals surface area contributed by atoms with E-state index in [2.05, 4.69) is 0 Å². The van der Waals surface area contributed by atoms with Crippen molar-refractivity contribution in [2.75, 3.05) is 13.1 Å². The molecular formula is C14H17NO2S. The van der Waals surface area contributed by atoms with Crippen LogP contribution < -0.4 is 0 Å². The van der Waals surface area contributed by atoms with E-state index < -0.39 is 5.24 Å². The molecule has 1 atom stereocenters. The first-order chi connectivity index (χ1) is 8.78. The summed E-state index contributed by atoms with van der Waals surface area (Å²) in [5, 5.41) is 11.3. The third-order valence-electron chi connectivity index (χ3n) is 3.38. The van der Waals surface area contributed by atoms with E-state index in [1.807, 2.05) is 40.6 Å². The molecule has 0 spiro atoms. The Balaban J connectivity index is 1.73. The number of rotatable bonds is 2. The van der Waals surface area contributed by atoms with Gasteiger partial charge in [0.05, 0.1) is 0 Å². The van der Waals surface area contributed by atoms with E-state index in [-0.39, 0.29) is 0 Å². The number of hydrogen-bond acceptors (Lipinski definition) is 4. The lowest BCUT2D eigenvalue weighted by atomic mass is 10.1.